The van der Waals surface area contributed by atoms with E-state index < -0.39 is 10.0 Å². The zero-order valence-corrected chi connectivity index (χ0v) is 14.5. The Morgan fingerprint density at radius 3 is 2.84 bits per heavy atom. The number of aromatic amines is 1. The highest BCUT2D eigenvalue weighted by molar-refractivity contribution is 7.89. The van der Waals surface area contributed by atoms with Gasteiger partial charge in [0.15, 0.2) is 5.76 Å². The van der Waals surface area contributed by atoms with E-state index in [1.165, 1.54) is 10.4 Å². The molecule has 2 N–H and O–H groups in total. The van der Waals surface area contributed by atoms with Crippen molar-refractivity contribution in [3.05, 3.63) is 24.4 Å². The molecule has 2 aromatic rings. The zero-order valence-electron chi connectivity index (χ0n) is 13.6. The van der Waals surface area contributed by atoms with Crippen LogP contribution in [0.4, 0.5) is 0 Å². The molecule has 25 heavy (non-hydrogen) atoms. The number of aromatic nitrogens is 2. The fourth-order valence-electron chi connectivity index (χ4n) is 3.05. The Hall–Kier alpha value is -2.13. The number of nitrogens with zero attached hydrogens (tertiary/aromatic N) is 2. The van der Waals surface area contributed by atoms with Crippen LogP contribution in [0.1, 0.15) is 25.7 Å². The molecule has 1 atom stereocenters. The zero-order chi connectivity index (χ0) is 17.4. The third-order valence-electron chi connectivity index (χ3n) is 4.62. The molecule has 3 heterocycles. The third kappa shape index (κ3) is 3.34. The molecule has 2 aliphatic rings. The second-order valence-electron chi connectivity index (χ2n) is 6.57. The number of piperidine rings is 1. The Bertz CT molecular complexity index is 855. The van der Waals surface area contributed by atoms with Gasteiger partial charge < -0.3 is 9.73 Å². The van der Waals surface area contributed by atoms with E-state index in [0.29, 0.717) is 30.8 Å². The number of carbonyl (C=O) groups excluding carboxylic acids is 1. The lowest BCUT2D eigenvalue weighted by Crippen LogP contribution is -2.45. The summed E-state index contributed by atoms with van der Waals surface area (Å²) in [5.74, 6) is 0.0715. The summed E-state index contributed by atoms with van der Waals surface area (Å²) in [5.41, 5.74) is 0.613. The number of carbonyl (C=O) groups is 1. The van der Waals surface area contributed by atoms with Crippen molar-refractivity contribution >= 4 is 15.9 Å². The number of furan rings is 1. The van der Waals surface area contributed by atoms with Crippen molar-refractivity contribution in [2.75, 3.05) is 13.1 Å². The van der Waals surface area contributed by atoms with Gasteiger partial charge in [0.05, 0.1) is 5.92 Å². The second kappa shape index (κ2) is 6.30. The molecule has 1 saturated heterocycles. The van der Waals surface area contributed by atoms with Crippen molar-refractivity contribution in [3.8, 4) is 11.5 Å². The maximum Gasteiger partial charge on any atom is 0.276 e. The molecule has 1 saturated carbocycles. The number of rotatable bonds is 5. The minimum absolute atomic E-state index is 0.0417. The number of sulfonamides is 1. The molecule has 134 valence electrons. The standard InChI is InChI=1S/C16H20N4O4S/c21-16(18-12-3-4-12)11-2-1-9-20(10-11)25(22,23)15-6-5-14(24-15)13-7-8-17-19-13/h5-8,11-12H,1-4,9-10H2,(H,17,19)(H,18,21)/t11-/m0/s1. The summed E-state index contributed by atoms with van der Waals surface area (Å²) in [6.07, 6.45) is 4.98. The second-order valence-corrected chi connectivity index (χ2v) is 8.44. The van der Waals surface area contributed by atoms with Gasteiger partial charge >= 0.3 is 0 Å². The monoisotopic (exact) mass is 364 g/mol. The van der Waals surface area contributed by atoms with Crippen LogP contribution in [0.2, 0.25) is 0 Å². The Kier molecular flexibility index (Phi) is 4.12. The molecule has 1 aliphatic carbocycles. The first-order valence-corrected chi connectivity index (χ1v) is 9.88. The summed E-state index contributed by atoms with van der Waals surface area (Å²) in [5, 5.41) is 9.42. The molecular weight excluding hydrogens is 344 g/mol. The highest BCUT2D eigenvalue weighted by Crippen LogP contribution is 2.28. The maximum atomic E-state index is 12.8. The van der Waals surface area contributed by atoms with E-state index in [2.05, 4.69) is 15.5 Å². The van der Waals surface area contributed by atoms with E-state index >= 15 is 0 Å². The van der Waals surface area contributed by atoms with Gasteiger partial charge in [-0.3, -0.25) is 9.89 Å². The fraction of sp³-hybridized carbons (Fsp3) is 0.500. The topological polar surface area (TPSA) is 108 Å². The van der Waals surface area contributed by atoms with Gasteiger partial charge in [0.2, 0.25) is 11.0 Å². The number of H-pyrrole nitrogens is 1. The molecule has 1 amide bonds. The van der Waals surface area contributed by atoms with E-state index in [1.54, 1.807) is 18.3 Å². The number of nitrogens with one attached hydrogen (secondary N) is 2. The molecule has 8 nitrogen and oxygen atoms in total. The lowest BCUT2D eigenvalue weighted by molar-refractivity contribution is -0.126. The van der Waals surface area contributed by atoms with Crippen molar-refractivity contribution in [3.63, 3.8) is 0 Å². The Morgan fingerprint density at radius 2 is 2.12 bits per heavy atom. The molecule has 0 bridgehead atoms. The van der Waals surface area contributed by atoms with E-state index in [-0.39, 0.29) is 29.5 Å². The first-order valence-electron chi connectivity index (χ1n) is 8.44. The average molecular weight is 364 g/mol. The predicted molar refractivity (Wildman–Crippen MR) is 88.9 cm³/mol. The van der Waals surface area contributed by atoms with E-state index in [1.807, 2.05) is 0 Å². The van der Waals surface area contributed by atoms with Crippen LogP contribution in [0.15, 0.2) is 33.9 Å². The summed E-state index contributed by atoms with van der Waals surface area (Å²) in [4.78, 5) is 12.2. The Morgan fingerprint density at radius 1 is 1.28 bits per heavy atom. The van der Waals surface area contributed by atoms with Crippen molar-refractivity contribution in [2.45, 2.75) is 36.8 Å². The smallest absolute Gasteiger partial charge is 0.276 e. The van der Waals surface area contributed by atoms with Gasteiger partial charge in [-0.15, -0.1) is 0 Å². The Labute approximate surface area is 145 Å². The average Bonchev–Trinajstić information content (AvgIpc) is 3.07. The lowest BCUT2D eigenvalue weighted by Gasteiger charge is -2.30. The first-order chi connectivity index (χ1) is 12.0. The largest absolute Gasteiger partial charge is 0.442 e. The normalized spacial score (nSPS) is 22.0. The number of amides is 1. The quantitative estimate of drug-likeness (QED) is 0.832. The van der Waals surface area contributed by atoms with Crippen molar-refractivity contribution < 1.29 is 17.6 Å². The van der Waals surface area contributed by atoms with Crippen LogP contribution in [0, 0.1) is 5.92 Å². The summed E-state index contributed by atoms with van der Waals surface area (Å²) in [6.45, 7) is 0.594. The molecule has 4 rings (SSSR count). The van der Waals surface area contributed by atoms with Crippen molar-refractivity contribution in [2.24, 2.45) is 5.92 Å². The maximum absolute atomic E-state index is 12.8. The van der Waals surface area contributed by atoms with E-state index in [4.69, 9.17) is 4.42 Å². The molecule has 9 heteroatoms. The third-order valence-corrected chi connectivity index (χ3v) is 6.36. The predicted octanol–water partition coefficient (Wildman–Crippen LogP) is 1.35. The first kappa shape index (κ1) is 16.3. The molecular formula is C16H20N4O4S. The van der Waals surface area contributed by atoms with E-state index in [0.717, 1.165) is 12.8 Å². The molecule has 0 radical (unpaired) electrons. The summed E-state index contributed by atoms with van der Waals surface area (Å²) in [7, 11) is -3.76. The van der Waals surface area contributed by atoms with Crippen molar-refractivity contribution in [1.82, 2.24) is 19.8 Å². The molecule has 2 fully saturated rings. The highest BCUT2D eigenvalue weighted by Gasteiger charge is 2.36. The minimum Gasteiger partial charge on any atom is -0.442 e. The summed E-state index contributed by atoms with van der Waals surface area (Å²) in [6, 6.07) is 5.02. The van der Waals surface area contributed by atoms with Gasteiger partial charge in [-0.25, -0.2) is 8.42 Å². The van der Waals surface area contributed by atoms with Crippen LogP contribution in [0.25, 0.3) is 11.5 Å². The summed E-state index contributed by atoms with van der Waals surface area (Å²) < 4.78 is 32.6. The number of hydrogen-bond donors (Lipinski definition) is 2. The van der Waals surface area contributed by atoms with Crippen LogP contribution in [0.5, 0.6) is 0 Å². The highest BCUT2D eigenvalue weighted by atomic mass is 32.2. The Balaban J connectivity index is 1.50. The minimum atomic E-state index is -3.76. The molecule has 0 spiro atoms. The fourth-order valence-corrected chi connectivity index (χ4v) is 4.48. The SMILES string of the molecule is O=C(NC1CC1)[C@H]1CCCN(S(=O)(=O)c2ccc(-c3ccn[nH]3)o2)C1. The van der Waals surface area contributed by atoms with Crippen molar-refractivity contribution in [1.29, 1.82) is 0 Å². The van der Waals surface area contributed by atoms with Crippen LogP contribution in [-0.4, -0.2) is 48.0 Å². The van der Waals surface area contributed by atoms with Gasteiger partial charge in [-0.1, -0.05) is 0 Å². The van der Waals surface area contributed by atoms with Crippen LogP contribution in [0.3, 0.4) is 0 Å². The van der Waals surface area contributed by atoms with Gasteiger partial charge in [-0.2, -0.15) is 9.40 Å². The van der Waals surface area contributed by atoms with Crippen LogP contribution < -0.4 is 5.32 Å². The molecule has 1 aliphatic heterocycles. The number of hydrogen-bond acceptors (Lipinski definition) is 5. The van der Waals surface area contributed by atoms with Crippen LogP contribution in [-0.2, 0) is 14.8 Å². The lowest BCUT2D eigenvalue weighted by atomic mass is 9.99. The summed E-state index contributed by atoms with van der Waals surface area (Å²) >= 11 is 0. The van der Waals surface area contributed by atoms with Gasteiger partial charge in [-0.05, 0) is 43.9 Å². The molecule has 2 aromatic heterocycles. The molecule has 0 unspecified atom stereocenters. The van der Waals surface area contributed by atoms with E-state index in [9.17, 15) is 13.2 Å². The molecule has 0 aromatic carbocycles. The van der Waals surface area contributed by atoms with Gasteiger partial charge in [0.25, 0.3) is 10.0 Å². The van der Waals surface area contributed by atoms with Gasteiger partial charge in [0, 0.05) is 25.3 Å². The van der Waals surface area contributed by atoms with Gasteiger partial charge in [0.1, 0.15) is 5.69 Å². The van der Waals surface area contributed by atoms with Crippen LogP contribution >= 0.6 is 0 Å².